The van der Waals surface area contributed by atoms with Gasteiger partial charge in [0.25, 0.3) is 10.1 Å². The van der Waals surface area contributed by atoms with Crippen LogP contribution < -0.4 is 10.5 Å². The maximum absolute atomic E-state index is 12.7. The average molecular weight is 505 g/mol. The van der Waals surface area contributed by atoms with Crippen LogP contribution in [0.3, 0.4) is 0 Å². The number of nitrogens with zero attached hydrogens (tertiary/aromatic N) is 3. The Kier molecular flexibility index (Phi) is 7.85. The molecule has 14 heteroatoms. The van der Waals surface area contributed by atoms with E-state index in [-0.39, 0.29) is 10.6 Å². The van der Waals surface area contributed by atoms with Crippen molar-refractivity contribution in [3.05, 3.63) is 52.5 Å². The van der Waals surface area contributed by atoms with E-state index >= 15 is 0 Å². The summed E-state index contributed by atoms with van der Waals surface area (Å²) in [5.74, 6) is -2.24. The van der Waals surface area contributed by atoms with E-state index in [0.717, 1.165) is 29.9 Å². The number of aryl methyl sites for hydroxylation is 1. The Morgan fingerprint density at radius 3 is 2.38 bits per heavy atom. The molecule has 0 heterocycles. The van der Waals surface area contributed by atoms with Gasteiger partial charge in [-0.15, -0.1) is 0 Å². The lowest BCUT2D eigenvalue weighted by atomic mass is 10.2. The van der Waals surface area contributed by atoms with Gasteiger partial charge in [-0.25, -0.2) is 13.2 Å². The molecule has 0 bridgehead atoms. The van der Waals surface area contributed by atoms with Crippen molar-refractivity contribution in [2.24, 2.45) is 5.10 Å². The fourth-order valence-corrected chi connectivity index (χ4v) is 4.66. The van der Waals surface area contributed by atoms with Crippen molar-refractivity contribution in [1.29, 1.82) is 0 Å². The van der Waals surface area contributed by atoms with Crippen molar-refractivity contribution in [3.8, 4) is 0 Å². The maximum Gasteiger partial charge on any atom is 0.338 e. The van der Waals surface area contributed by atoms with Crippen LogP contribution in [0.5, 0.6) is 0 Å². The molecule has 2 aromatic carbocycles. The quantitative estimate of drug-likeness (QED) is 0.251. The monoisotopic (exact) mass is 504 g/mol. The number of halogens is 1. The molecule has 0 saturated heterocycles. The third-order valence-electron chi connectivity index (χ3n) is 4.36. The fourth-order valence-electron chi connectivity index (χ4n) is 2.61. The number of carboxylic acids is 1. The molecule has 0 atom stereocenters. The van der Waals surface area contributed by atoms with E-state index in [4.69, 9.17) is 16.2 Å². The van der Waals surface area contributed by atoms with Crippen LogP contribution in [-0.2, 0) is 20.1 Å². The number of benzene rings is 2. The lowest BCUT2D eigenvalue weighted by molar-refractivity contribution is 0.0697. The predicted molar refractivity (Wildman–Crippen MR) is 121 cm³/mol. The van der Waals surface area contributed by atoms with Crippen molar-refractivity contribution in [1.82, 2.24) is 4.31 Å². The number of sulfonamides is 1. The standard InChI is InChI=1S/C18H21ClN4O7S2/c1-12-10-13(19)4-6-16(12)21-23(20-2)17-7-5-14(11-15(17)18(24)25)32(29,30)22(3)8-9-31(26,27)28/h4-7,10-11,21H,2,8-9H2,1,3H3,(H,24,25)(H,26,27,28). The first-order valence-electron chi connectivity index (χ1n) is 8.84. The van der Waals surface area contributed by atoms with Gasteiger partial charge in [-0.3, -0.25) is 9.98 Å². The van der Waals surface area contributed by atoms with E-state index in [0.29, 0.717) is 15.0 Å². The Balaban J connectivity index is 2.43. The molecule has 0 fully saturated rings. The van der Waals surface area contributed by atoms with E-state index in [1.165, 1.54) is 6.07 Å². The van der Waals surface area contributed by atoms with Crippen molar-refractivity contribution in [3.63, 3.8) is 0 Å². The van der Waals surface area contributed by atoms with Gasteiger partial charge >= 0.3 is 5.97 Å². The minimum Gasteiger partial charge on any atom is -0.478 e. The summed E-state index contributed by atoms with van der Waals surface area (Å²) in [5, 5.41) is 15.0. The van der Waals surface area contributed by atoms with Gasteiger partial charge in [0.2, 0.25) is 10.0 Å². The lowest BCUT2D eigenvalue weighted by Gasteiger charge is -2.24. The number of carboxylic acid groups (broad SMARTS) is 1. The third kappa shape index (κ3) is 6.17. The Morgan fingerprint density at radius 1 is 1.19 bits per heavy atom. The number of hydrazine groups is 1. The van der Waals surface area contributed by atoms with E-state index < -0.39 is 44.0 Å². The normalized spacial score (nSPS) is 11.9. The summed E-state index contributed by atoms with van der Waals surface area (Å²) in [6.45, 7) is 4.66. The molecule has 32 heavy (non-hydrogen) atoms. The number of carbonyl (C=O) groups is 1. The second kappa shape index (κ2) is 9.83. The number of hydrazone groups is 1. The van der Waals surface area contributed by atoms with Gasteiger partial charge in [0.05, 0.1) is 27.6 Å². The molecule has 0 aliphatic heterocycles. The van der Waals surface area contributed by atoms with Gasteiger partial charge in [-0.2, -0.15) is 22.9 Å². The van der Waals surface area contributed by atoms with Gasteiger partial charge in [0.1, 0.15) is 0 Å². The third-order valence-corrected chi connectivity index (χ3v) is 7.14. The Hall–Kier alpha value is -2.71. The highest BCUT2D eigenvalue weighted by Gasteiger charge is 2.26. The molecule has 174 valence electrons. The highest BCUT2D eigenvalue weighted by molar-refractivity contribution is 7.89. The minimum absolute atomic E-state index is 0.00129. The van der Waals surface area contributed by atoms with Crippen LogP contribution in [0.4, 0.5) is 11.4 Å². The zero-order valence-electron chi connectivity index (χ0n) is 17.1. The highest BCUT2D eigenvalue weighted by atomic mass is 35.5. The van der Waals surface area contributed by atoms with Gasteiger partial charge in [0, 0.05) is 25.3 Å². The molecule has 0 amide bonds. The minimum atomic E-state index is -4.38. The summed E-state index contributed by atoms with van der Waals surface area (Å²) in [4.78, 5) is 11.5. The van der Waals surface area contributed by atoms with Crippen molar-refractivity contribution in [2.45, 2.75) is 11.8 Å². The van der Waals surface area contributed by atoms with E-state index in [9.17, 15) is 26.7 Å². The first-order valence-corrected chi connectivity index (χ1v) is 12.3. The van der Waals surface area contributed by atoms with Crippen LogP contribution in [0.25, 0.3) is 0 Å². The number of hydrogen-bond donors (Lipinski definition) is 3. The molecule has 0 aliphatic carbocycles. The average Bonchev–Trinajstić information content (AvgIpc) is 2.70. The number of hydrogen-bond acceptors (Lipinski definition) is 8. The van der Waals surface area contributed by atoms with E-state index in [2.05, 4.69) is 17.2 Å². The number of anilines is 2. The Morgan fingerprint density at radius 2 is 1.84 bits per heavy atom. The van der Waals surface area contributed by atoms with Gasteiger partial charge in [-0.05, 0) is 48.9 Å². The van der Waals surface area contributed by atoms with Gasteiger partial charge < -0.3 is 5.11 Å². The predicted octanol–water partition coefficient (Wildman–Crippen LogP) is 2.30. The zero-order valence-corrected chi connectivity index (χ0v) is 19.4. The molecule has 0 aliphatic rings. The van der Waals surface area contributed by atoms with Crippen LogP contribution in [-0.4, -0.2) is 62.8 Å². The molecule has 0 aromatic heterocycles. The van der Waals surface area contributed by atoms with E-state index in [1.807, 2.05) is 0 Å². The maximum atomic E-state index is 12.7. The van der Waals surface area contributed by atoms with Crippen molar-refractivity contribution < 1.29 is 31.3 Å². The second-order valence-corrected chi connectivity index (χ2v) is 10.7. The SMILES string of the molecule is C=NN(Nc1ccc(Cl)cc1C)c1ccc(S(=O)(=O)N(C)CCS(=O)(=O)O)cc1C(=O)O. The summed E-state index contributed by atoms with van der Waals surface area (Å²) in [6.07, 6.45) is 0. The summed E-state index contributed by atoms with van der Waals surface area (Å²) < 4.78 is 56.8. The molecule has 0 unspecified atom stereocenters. The molecular formula is C18H21ClN4O7S2. The fraction of sp³-hybridized carbons (Fsp3) is 0.222. The molecule has 0 saturated carbocycles. The van der Waals surface area contributed by atoms with Crippen LogP contribution in [0, 0.1) is 6.92 Å². The molecular weight excluding hydrogens is 484 g/mol. The second-order valence-electron chi connectivity index (χ2n) is 6.62. The smallest absolute Gasteiger partial charge is 0.338 e. The van der Waals surface area contributed by atoms with Crippen molar-refractivity contribution in [2.75, 3.05) is 29.9 Å². The topological polar surface area (TPSA) is 157 Å². The summed E-state index contributed by atoms with van der Waals surface area (Å²) >= 11 is 5.94. The van der Waals surface area contributed by atoms with Crippen LogP contribution in [0.1, 0.15) is 15.9 Å². The van der Waals surface area contributed by atoms with Crippen molar-refractivity contribution >= 4 is 55.8 Å². The summed E-state index contributed by atoms with van der Waals surface area (Å²) in [5.41, 5.74) is 3.77. The Labute approximate surface area is 190 Å². The first-order chi connectivity index (χ1) is 14.8. The zero-order chi connectivity index (χ0) is 24.3. The van der Waals surface area contributed by atoms with Crippen LogP contribution >= 0.6 is 11.6 Å². The number of nitrogens with one attached hydrogen (secondary N) is 1. The summed E-state index contributed by atoms with van der Waals surface area (Å²) in [6, 6.07) is 8.25. The molecule has 11 nitrogen and oxygen atoms in total. The van der Waals surface area contributed by atoms with Crippen LogP contribution in [0.15, 0.2) is 46.4 Å². The van der Waals surface area contributed by atoms with Gasteiger partial charge in [-0.1, -0.05) is 11.6 Å². The first kappa shape index (κ1) is 25.5. The molecule has 3 N–H and O–H groups in total. The lowest BCUT2D eigenvalue weighted by Crippen LogP contribution is -2.32. The summed E-state index contributed by atoms with van der Waals surface area (Å²) in [7, 11) is -7.52. The number of rotatable bonds is 10. The molecule has 2 rings (SSSR count). The molecule has 0 radical (unpaired) electrons. The molecule has 0 spiro atoms. The Bertz CT molecular complexity index is 1250. The number of aromatic carboxylic acids is 1. The highest BCUT2D eigenvalue weighted by Crippen LogP contribution is 2.28. The van der Waals surface area contributed by atoms with Crippen LogP contribution in [0.2, 0.25) is 5.02 Å². The molecule has 2 aromatic rings. The van der Waals surface area contributed by atoms with Gasteiger partial charge in [0.15, 0.2) is 0 Å². The largest absolute Gasteiger partial charge is 0.478 e. The van der Waals surface area contributed by atoms with E-state index in [1.54, 1.807) is 25.1 Å².